The number of fused-ring (bicyclic) bond motifs is 1. The molecule has 1 aliphatic carbocycles. The maximum atomic E-state index is 13.2. The van der Waals surface area contributed by atoms with Gasteiger partial charge in [-0.3, -0.25) is 14.5 Å². The van der Waals surface area contributed by atoms with Gasteiger partial charge < -0.3 is 21.0 Å². The predicted octanol–water partition coefficient (Wildman–Crippen LogP) is 0.00410. The molecule has 38 heavy (non-hydrogen) atoms. The zero-order valence-electron chi connectivity index (χ0n) is 19.9. The normalized spacial score (nSPS) is 23.2. The third kappa shape index (κ3) is 5.23. The number of carbonyl (C=O) groups excluding carboxylic acids is 2. The van der Waals surface area contributed by atoms with E-state index < -0.39 is 29.2 Å². The molecule has 3 aliphatic rings. The van der Waals surface area contributed by atoms with Crippen LogP contribution in [0.25, 0.3) is 0 Å². The predicted molar refractivity (Wildman–Crippen MR) is 138 cm³/mol. The van der Waals surface area contributed by atoms with E-state index in [9.17, 15) is 19.5 Å². The Kier molecular flexibility index (Phi) is 7.61. The number of nitrogens with two attached hydrogens (primary N) is 1. The molecule has 1 saturated heterocycles. The number of nitrogens with zero attached hydrogens (tertiary/aromatic N) is 8. The number of β-lactam (4-membered cyclic amide) rings is 1. The zero-order valence-corrected chi connectivity index (χ0v) is 22.3. The fourth-order valence-corrected chi connectivity index (χ4v) is 6.77. The first-order valence-electron chi connectivity index (χ1n) is 11.4. The molecule has 2 aliphatic heterocycles. The van der Waals surface area contributed by atoms with Gasteiger partial charge >= 0.3 is 5.97 Å². The van der Waals surface area contributed by atoms with Crippen LogP contribution in [0.5, 0.6) is 0 Å². The van der Waals surface area contributed by atoms with Gasteiger partial charge in [-0.2, -0.15) is 9.36 Å². The number of carboxylic acids is 1. The SMILES string of the molecule is Cn1nnnc1SCC1=C(C(=O)O)N2C(=O)C(NC(=O)/C(=N/OC3C=CCCC3)c3nsc(N)n3)C2SC1. The number of aryl methyl sites for hydroxylation is 1. The number of hydrogen-bond acceptors (Lipinski definition) is 14. The maximum absolute atomic E-state index is 13.2. The summed E-state index contributed by atoms with van der Waals surface area (Å²) in [5, 5.41) is 27.8. The van der Waals surface area contributed by atoms with Crippen LogP contribution < -0.4 is 11.1 Å². The Morgan fingerprint density at radius 1 is 1.42 bits per heavy atom. The summed E-state index contributed by atoms with van der Waals surface area (Å²) in [5.41, 5.74) is 5.94. The van der Waals surface area contributed by atoms with E-state index in [0.29, 0.717) is 16.5 Å². The van der Waals surface area contributed by atoms with Gasteiger partial charge in [0.1, 0.15) is 23.2 Å². The van der Waals surface area contributed by atoms with Crippen LogP contribution in [0.3, 0.4) is 0 Å². The van der Waals surface area contributed by atoms with Gasteiger partial charge in [-0.25, -0.2) is 9.48 Å². The summed E-state index contributed by atoms with van der Waals surface area (Å²) >= 11 is 3.52. The highest BCUT2D eigenvalue weighted by atomic mass is 32.2. The maximum Gasteiger partial charge on any atom is 0.352 e. The molecule has 2 amide bonds. The molecule has 3 atom stereocenters. The fraction of sp³-hybridized carbons (Fsp3) is 0.450. The van der Waals surface area contributed by atoms with Gasteiger partial charge in [0.05, 0.1) is 0 Å². The quantitative estimate of drug-likeness (QED) is 0.118. The van der Waals surface area contributed by atoms with Crippen LogP contribution in [0.2, 0.25) is 0 Å². The third-order valence-electron chi connectivity index (χ3n) is 5.85. The second-order valence-corrected chi connectivity index (χ2v) is 11.2. The number of anilines is 1. The monoisotopic (exact) mass is 578 g/mol. The number of aromatic nitrogens is 6. The summed E-state index contributed by atoms with van der Waals surface area (Å²) in [6, 6.07) is -0.963. The van der Waals surface area contributed by atoms with E-state index in [1.165, 1.54) is 33.1 Å². The Balaban J connectivity index is 1.31. The van der Waals surface area contributed by atoms with Gasteiger partial charge in [0.25, 0.3) is 11.8 Å². The average Bonchev–Trinajstić information content (AvgIpc) is 3.53. The van der Waals surface area contributed by atoms with Crippen molar-refractivity contribution in [3.8, 4) is 0 Å². The number of thioether (sulfide) groups is 2. The number of nitrogens with one attached hydrogen (secondary N) is 1. The number of hydrogen-bond donors (Lipinski definition) is 3. The molecule has 0 radical (unpaired) electrons. The lowest BCUT2D eigenvalue weighted by molar-refractivity contribution is -0.150. The van der Waals surface area contributed by atoms with Gasteiger partial charge in [-0.05, 0) is 41.3 Å². The van der Waals surface area contributed by atoms with Crippen LogP contribution in [-0.2, 0) is 26.3 Å². The Hall–Kier alpha value is -3.51. The molecular weight excluding hydrogens is 556 g/mol. The largest absolute Gasteiger partial charge is 0.477 e. The van der Waals surface area contributed by atoms with Crippen molar-refractivity contribution in [3.63, 3.8) is 0 Å². The molecule has 2 aromatic rings. The smallest absolute Gasteiger partial charge is 0.352 e. The zero-order chi connectivity index (χ0) is 26.8. The fourth-order valence-electron chi connectivity index (χ4n) is 4.00. The van der Waals surface area contributed by atoms with E-state index in [1.54, 1.807) is 7.05 Å². The summed E-state index contributed by atoms with van der Waals surface area (Å²) in [7, 11) is 1.68. The molecule has 200 valence electrons. The Labute approximate surface area is 228 Å². The van der Waals surface area contributed by atoms with Crippen LogP contribution in [-0.4, -0.2) is 92.1 Å². The highest BCUT2D eigenvalue weighted by molar-refractivity contribution is 8.01. The van der Waals surface area contributed by atoms with E-state index in [2.05, 4.69) is 35.4 Å². The standard InChI is InChI=1S/C20H22N10O5S3/c1-29-20(24-27-28-29)37-8-9-7-36-17-12(16(32)30(17)13(9)18(33)34)22-15(31)11(14-23-19(21)38-26-14)25-35-10-5-3-2-4-6-10/h3,5,10,12,17H,2,4,6-8H2,1H3,(H,22,31)(H,33,34)(H2,21,23,26)/b25-11+. The molecule has 18 heteroatoms. The number of amides is 2. The molecule has 3 unspecified atom stereocenters. The third-order valence-corrected chi connectivity index (χ3v) is 8.83. The lowest BCUT2D eigenvalue weighted by atomic mass is 10.0. The highest BCUT2D eigenvalue weighted by Crippen LogP contribution is 2.41. The van der Waals surface area contributed by atoms with E-state index in [4.69, 9.17) is 10.6 Å². The molecule has 1 fully saturated rings. The minimum absolute atomic E-state index is 0.0200. The second-order valence-electron chi connectivity index (χ2n) is 8.39. The number of carboxylic acid groups (broad SMARTS) is 1. The van der Waals surface area contributed by atoms with Crippen LogP contribution in [0.1, 0.15) is 25.1 Å². The first-order valence-corrected chi connectivity index (χ1v) is 14.2. The minimum atomic E-state index is -1.22. The van der Waals surface area contributed by atoms with E-state index in [-0.39, 0.29) is 34.2 Å². The summed E-state index contributed by atoms with van der Waals surface area (Å²) < 4.78 is 5.53. The first-order chi connectivity index (χ1) is 18.3. The molecule has 2 aromatic heterocycles. The number of nitrogen functional groups attached to an aromatic ring is 1. The Morgan fingerprint density at radius 3 is 2.92 bits per heavy atom. The molecule has 5 rings (SSSR count). The summed E-state index contributed by atoms with van der Waals surface area (Å²) in [6.45, 7) is 0. The van der Waals surface area contributed by atoms with Crippen molar-refractivity contribution in [2.75, 3.05) is 17.2 Å². The van der Waals surface area contributed by atoms with Gasteiger partial charge in [0.2, 0.25) is 16.7 Å². The number of oxime groups is 1. The van der Waals surface area contributed by atoms with Crippen LogP contribution in [0.15, 0.2) is 33.7 Å². The Bertz CT molecular complexity index is 1350. The van der Waals surface area contributed by atoms with Crippen molar-refractivity contribution in [1.82, 2.24) is 39.8 Å². The Morgan fingerprint density at radius 2 is 2.26 bits per heavy atom. The molecule has 4 heterocycles. The number of carbonyl (C=O) groups is 3. The average molecular weight is 579 g/mol. The van der Waals surface area contributed by atoms with E-state index in [1.807, 2.05) is 12.2 Å². The van der Waals surface area contributed by atoms with Crippen LogP contribution >= 0.6 is 35.1 Å². The molecule has 0 saturated carbocycles. The number of rotatable bonds is 9. The van der Waals surface area contributed by atoms with Crippen LogP contribution in [0, 0.1) is 0 Å². The second kappa shape index (κ2) is 11.1. The van der Waals surface area contributed by atoms with E-state index in [0.717, 1.165) is 30.8 Å². The molecule has 15 nitrogen and oxygen atoms in total. The number of aliphatic carboxylic acids is 1. The van der Waals surface area contributed by atoms with Crippen molar-refractivity contribution >= 4 is 63.7 Å². The lowest BCUT2D eigenvalue weighted by Gasteiger charge is -2.49. The van der Waals surface area contributed by atoms with Gasteiger partial charge in [0, 0.05) is 30.1 Å². The van der Waals surface area contributed by atoms with Gasteiger partial charge in [0.15, 0.2) is 5.13 Å². The van der Waals surface area contributed by atoms with Crippen molar-refractivity contribution in [2.24, 2.45) is 12.2 Å². The highest BCUT2D eigenvalue weighted by Gasteiger charge is 2.54. The van der Waals surface area contributed by atoms with E-state index >= 15 is 0 Å². The van der Waals surface area contributed by atoms with Gasteiger partial charge in [-0.15, -0.1) is 16.9 Å². The summed E-state index contributed by atoms with van der Waals surface area (Å²) in [6.07, 6.45) is 6.18. The van der Waals surface area contributed by atoms with Crippen molar-refractivity contribution in [1.29, 1.82) is 0 Å². The molecule has 0 spiro atoms. The molecular formula is C20H22N10O5S3. The van der Waals surface area contributed by atoms with Gasteiger partial charge in [-0.1, -0.05) is 23.0 Å². The topological polar surface area (TPSA) is 204 Å². The molecule has 0 bridgehead atoms. The first kappa shape index (κ1) is 26.1. The van der Waals surface area contributed by atoms with Crippen molar-refractivity contribution in [3.05, 3.63) is 29.2 Å². The number of tetrazole rings is 1. The summed E-state index contributed by atoms with van der Waals surface area (Å²) in [5.74, 6) is -1.87. The lowest BCUT2D eigenvalue weighted by Crippen LogP contribution is -2.71. The molecule has 4 N–H and O–H groups in total. The van der Waals surface area contributed by atoms with Crippen molar-refractivity contribution < 1.29 is 24.3 Å². The number of allylic oxidation sites excluding steroid dienone is 1. The summed E-state index contributed by atoms with van der Waals surface area (Å²) in [4.78, 5) is 49.2. The minimum Gasteiger partial charge on any atom is -0.477 e. The molecule has 0 aromatic carbocycles. The van der Waals surface area contributed by atoms with Crippen LogP contribution in [0.4, 0.5) is 5.13 Å². The van der Waals surface area contributed by atoms with Crippen molar-refractivity contribution in [2.45, 2.75) is 41.9 Å².